The summed E-state index contributed by atoms with van der Waals surface area (Å²) in [5.41, 5.74) is 6.47. The molecule has 0 atom stereocenters. The molecule has 0 aromatic heterocycles. The van der Waals surface area contributed by atoms with E-state index in [9.17, 15) is 8.78 Å². The molecule has 1 aromatic rings. The van der Waals surface area contributed by atoms with Gasteiger partial charge in [-0.25, -0.2) is 8.78 Å². The van der Waals surface area contributed by atoms with Crippen molar-refractivity contribution in [2.45, 2.75) is 25.8 Å². The highest BCUT2D eigenvalue weighted by atomic mass is 19.2. The number of rotatable bonds is 1. The Kier molecular flexibility index (Phi) is 3.10. The summed E-state index contributed by atoms with van der Waals surface area (Å²) < 4.78 is 27.1. The Morgan fingerprint density at radius 2 is 1.81 bits per heavy atom. The number of hydrogen-bond acceptors (Lipinski definition) is 2. The van der Waals surface area contributed by atoms with Crippen molar-refractivity contribution in [3.63, 3.8) is 0 Å². The van der Waals surface area contributed by atoms with E-state index in [1.54, 1.807) is 19.1 Å². The molecule has 0 saturated carbocycles. The zero-order chi connectivity index (χ0) is 11.7. The van der Waals surface area contributed by atoms with Gasteiger partial charge >= 0.3 is 0 Å². The zero-order valence-electron chi connectivity index (χ0n) is 9.34. The van der Waals surface area contributed by atoms with Gasteiger partial charge in [-0.1, -0.05) is 6.07 Å². The van der Waals surface area contributed by atoms with Gasteiger partial charge in [0.05, 0.1) is 5.69 Å². The largest absolute Gasteiger partial charge is 0.369 e. The molecule has 4 heteroatoms. The number of anilines is 1. The number of benzene rings is 1. The van der Waals surface area contributed by atoms with E-state index in [1.165, 1.54) is 0 Å². The minimum atomic E-state index is -0.743. The third kappa shape index (κ3) is 2.02. The zero-order valence-corrected chi connectivity index (χ0v) is 9.34. The van der Waals surface area contributed by atoms with Crippen molar-refractivity contribution >= 4 is 5.69 Å². The van der Waals surface area contributed by atoms with Crippen LogP contribution in [0.25, 0.3) is 0 Å². The first kappa shape index (κ1) is 11.3. The van der Waals surface area contributed by atoms with E-state index in [2.05, 4.69) is 0 Å². The molecule has 1 aliphatic heterocycles. The van der Waals surface area contributed by atoms with E-state index in [4.69, 9.17) is 5.73 Å². The maximum absolute atomic E-state index is 13.7. The van der Waals surface area contributed by atoms with Gasteiger partial charge in [0.2, 0.25) is 0 Å². The van der Waals surface area contributed by atoms with E-state index < -0.39 is 11.6 Å². The molecule has 1 aromatic carbocycles. The molecule has 0 amide bonds. The molecule has 0 spiro atoms. The third-order valence-corrected chi connectivity index (χ3v) is 3.14. The van der Waals surface area contributed by atoms with E-state index in [0.717, 1.165) is 12.8 Å². The molecule has 1 fully saturated rings. The normalized spacial score (nSPS) is 17.9. The van der Waals surface area contributed by atoms with Crippen molar-refractivity contribution in [3.05, 3.63) is 29.3 Å². The highest BCUT2D eigenvalue weighted by Gasteiger charge is 2.21. The van der Waals surface area contributed by atoms with Crippen molar-refractivity contribution in [3.8, 4) is 0 Å². The molecule has 0 radical (unpaired) electrons. The van der Waals surface area contributed by atoms with Gasteiger partial charge in [0.1, 0.15) is 0 Å². The van der Waals surface area contributed by atoms with Crippen molar-refractivity contribution in [2.75, 3.05) is 18.0 Å². The van der Waals surface area contributed by atoms with E-state index in [-0.39, 0.29) is 6.04 Å². The Balaban J connectivity index is 2.24. The molecule has 88 valence electrons. The lowest BCUT2D eigenvalue weighted by Gasteiger charge is -2.32. The first-order valence-corrected chi connectivity index (χ1v) is 5.54. The van der Waals surface area contributed by atoms with Gasteiger partial charge < -0.3 is 10.6 Å². The minimum Gasteiger partial charge on any atom is -0.369 e. The summed E-state index contributed by atoms with van der Waals surface area (Å²) in [5, 5.41) is 0. The third-order valence-electron chi connectivity index (χ3n) is 3.14. The molecule has 0 bridgehead atoms. The maximum atomic E-state index is 13.7. The van der Waals surface area contributed by atoms with Crippen LogP contribution in [-0.4, -0.2) is 19.1 Å². The van der Waals surface area contributed by atoms with Gasteiger partial charge in [-0.2, -0.15) is 0 Å². The molecule has 0 aliphatic carbocycles. The first-order valence-electron chi connectivity index (χ1n) is 5.54. The summed E-state index contributed by atoms with van der Waals surface area (Å²) >= 11 is 0. The molecule has 2 rings (SSSR count). The fourth-order valence-corrected chi connectivity index (χ4v) is 2.02. The molecule has 2 nitrogen and oxygen atoms in total. The quantitative estimate of drug-likeness (QED) is 0.795. The second-order valence-electron chi connectivity index (χ2n) is 4.35. The summed E-state index contributed by atoms with van der Waals surface area (Å²) in [5.74, 6) is -1.48. The monoisotopic (exact) mass is 226 g/mol. The molecular formula is C12H16F2N2. The van der Waals surface area contributed by atoms with Crippen LogP contribution in [-0.2, 0) is 0 Å². The van der Waals surface area contributed by atoms with Gasteiger partial charge in [0, 0.05) is 19.1 Å². The molecule has 2 N–H and O–H groups in total. The summed E-state index contributed by atoms with van der Waals surface area (Å²) in [6.45, 7) is 2.95. The number of piperidine rings is 1. The van der Waals surface area contributed by atoms with Crippen LogP contribution in [0.1, 0.15) is 18.4 Å². The number of aryl methyl sites for hydroxylation is 1. The minimum absolute atomic E-state index is 0.189. The number of nitrogens with zero attached hydrogens (tertiary/aromatic N) is 1. The highest BCUT2D eigenvalue weighted by Crippen LogP contribution is 2.26. The van der Waals surface area contributed by atoms with Gasteiger partial charge in [-0.05, 0) is 31.4 Å². The summed E-state index contributed by atoms with van der Waals surface area (Å²) in [6, 6.07) is 3.45. The van der Waals surface area contributed by atoms with E-state index in [1.807, 2.05) is 4.90 Å². The first-order chi connectivity index (χ1) is 7.59. The molecule has 16 heavy (non-hydrogen) atoms. The second-order valence-corrected chi connectivity index (χ2v) is 4.35. The maximum Gasteiger partial charge on any atom is 0.182 e. The lowest BCUT2D eigenvalue weighted by molar-refractivity contribution is 0.474. The highest BCUT2D eigenvalue weighted by molar-refractivity contribution is 5.50. The molecular weight excluding hydrogens is 210 g/mol. The molecule has 1 heterocycles. The Hall–Kier alpha value is -1.16. The summed E-state index contributed by atoms with van der Waals surface area (Å²) in [6.07, 6.45) is 1.66. The van der Waals surface area contributed by atoms with Crippen LogP contribution < -0.4 is 10.6 Å². The average molecular weight is 226 g/mol. The topological polar surface area (TPSA) is 29.3 Å². The Bertz CT molecular complexity index is 385. The van der Waals surface area contributed by atoms with Crippen LogP contribution in [0.4, 0.5) is 14.5 Å². The van der Waals surface area contributed by atoms with Crippen molar-refractivity contribution in [1.82, 2.24) is 0 Å². The predicted molar refractivity (Wildman–Crippen MR) is 60.5 cm³/mol. The van der Waals surface area contributed by atoms with Crippen molar-refractivity contribution < 1.29 is 8.78 Å². The average Bonchev–Trinajstić information content (AvgIpc) is 2.28. The summed E-state index contributed by atoms with van der Waals surface area (Å²) in [4.78, 5) is 1.86. The number of halogens is 2. The standard InChI is InChI=1S/C12H16F2N2/c1-8-2-3-10(12(14)11(8)13)16-6-4-9(15)5-7-16/h2-3,9H,4-7,15H2,1H3. The van der Waals surface area contributed by atoms with Crippen LogP contribution in [0.5, 0.6) is 0 Å². The molecule has 1 saturated heterocycles. The van der Waals surface area contributed by atoms with Gasteiger partial charge in [-0.3, -0.25) is 0 Å². The fourth-order valence-electron chi connectivity index (χ4n) is 2.02. The Labute approximate surface area is 94.0 Å². The van der Waals surface area contributed by atoms with Crippen molar-refractivity contribution in [2.24, 2.45) is 5.73 Å². The van der Waals surface area contributed by atoms with Gasteiger partial charge in [0.15, 0.2) is 11.6 Å². The van der Waals surface area contributed by atoms with Crippen LogP contribution in [0, 0.1) is 18.6 Å². The predicted octanol–water partition coefficient (Wildman–Crippen LogP) is 2.20. The van der Waals surface area contributed by atoms with Gasteiger partial charge in [0.25, 0.3) is 0 Å². The van der Waals surface area contributed by atoms with Crippen molar-refractivity contribution in [1.29, 1.82) is 0 Å². The summed E-state index contributed by atoms with van der Waals surface area (Å²) in [7, 11) is 0. The Morgan fingerprint density at radius 1 is 1.19 bits per heavy atom. The SMILES string of the molecule is Cc1ccc(N2CCC(N)CC2)c(F)c1F. The smallest absolute Gasteiger partial charge is 0.182 e. The number of hydrogen-bond donors (Lipinski definition) is 1. The lowest BCUT2D eigenvalue weighted by atomic mass is 10.0. The second kappa shape index (κ2) is 4.37. The van der Waals surface area contributed by atoms with Crippen LogP contribution in [0.15, 0.2) is 12.1 Å². The number of nitrogens with two attached hydrogens (primary N) is 1. The van der Waals surface area contributed by atoms with E-state index in [0.29, 0.717) is 24.3 Å². The van der Waals surface area contributed by atoms with Crippen LogP contribution in [0.2, 0.25) is 0 Å². The lowest BCUT2D eigenvalue weighted by Crippen LogP contribution is -2.40. The fraction of sp³-hybridized carbons (Fsp3) is 0.500. The van der Waals surface area contributed by atoms with E-state index >= 15 is 0 Å². The van der Waals surface area contributed by atoms with Gasteiger partial charge in [-0.15, -0.1) is 0 Å². The Morgan fingerprint density at radius 3 is 2.44 bits per heavy atom. The molecule has 0 unspecified atom stereocenters. The van der Waals surface area contributed by atoms with Crippen LogP contribution >= 0.6 is 0 Å². The molecule has 1 aliphatic rings. The van der Waals surface area contributed by atoms with Crippen LogP contribution in [0.3, 0.4) is 0 Å².